The average molecular weight is 720 g/mol. The molecule has 4 aromatic rings. The Labute approximate surface area is 296 Å². The van der Waals surface area contributed by atoms with Crippen molar-refractivity contribution in [3.8, 4) is 35.2 Å². The molecule has 1 spiro atoms. The largest absolute Gasteiger partial charge is 0.508 e. The van der Waals surface area contributed by atoms with Crippen molar-refractivity contribution in [2.24, 2.45) is 5.41 Å². The Bertz CT molecular complexity index is 2080. The number of terminal acetylenes is 1. The fraction of sp³-hybridized carbons (Fsp3) is 0.474. The molecule has 2 unspecified atom stereocenters. The summed E-state index contributed by atoms with van der Waals surface area (Å²) >= 11 is -0.410. The van der Waals surface area contributed by atoms with Crippen molar-refractivity contribution >= 4 is 39.3 Å². The molecular formula is C38H37F4N5O3S. The summed E-state index contributed by atoms with van der Waals surface area (Å²) in [6.45, 7) is 4.83. The first-order chi connectivity index (χ1) is 24.5. The maximum atomic E-state index is 17.3. The molecule has 4 heterocycles. The molecule has 0 amide bonds. The van der Waals surface area contributed by atoms with Gasteiger partial charge in [-0.05, 0) is 85.5 Å². The van der Waals surface area contributed by atoms with Crippen LogP contribution in [0.5, 0.6) is 11.8 Å². The van der Waals surface area contributed by atoms with Crippen LogP contribution in [-0.4, -0.2) is 89.1 Å². The second-order valence-corrected chi connectivity index (χ2v) is 16.1. The van der Waals surface area contributed by atoms with Gasteiger partial charge in [-0.2, -0.15) is 23.1 Å². The number of hydrogen-bond acceptors (Lipinski definition) is 9. The summed E-state index contributed by atoms with van der Waals surface area (Å²) < 4.78 is 72.4. The molecule has 2 saturated carbocycles. The van der Waals surface area contributed by atoms with E-state index in [1.807, 2.05) is 4.90 Å². The zero-order valence-electron chi connectivity index (χ0n) is 27.9. The van der Waals surface area contributed by atoms with Crippen LogP contribution < -0.4 is 15.0 Å². The first-order valence-corrected chi connectivity index (χ1v) is 18.3. The monoisotopic (exact) mass is 719 g/mol. The van der Waals surface area contributed by atoms with Crippen molar-refractivity contribution in [1.29, 1.82) is 0 Å². The zero-order chi connectivity index (χ0) is 35.1. The number of thioether (sulfide) groups is 1. The molecule has 51 heavy (non-hydrogen) atoms. The smallest absolute Gasteiger partial charge is 0.446 e. The highest BCUT2D eigenvalue weighted by molar-refractivity contribution is 8.00. The fourth-order valence-corrected chi connectivity index (χ4v) is 9.07. The van der Waals surface area contributed by atoms with E-state index >= 15 is 4.39 Å². The number of morpholine rings is 1. The van der Waals surface area contributed by atoms with Crippen molar-refractivity contribution in [3.63, 3.8) is 0 Å². The Balaban J connectivity index is 1.17. The van der Waals surface area contributed by atoms with Crippen molar-refractivity contribution < 1.29 is 32.1 Å². The highest BCUT2D eigenvalue weighted by atomic mass is 32.2. The van der Waals surface area contributed by atoms with Crippen LogP contribution in [0.3, 0.4) is 0 Å². The third kappa shape index (κ3) is 6.34. The SMILES string of the molecule is C#Cc1cccc2cc(O)cc(-c3c(SC(F)(F)F)cc4c(N5CC6CCC(C5)N6)nc(OCC5(CN6CCOC7(CC7)C6)CC5)nc4c3F)c12. The summed E-state index contributed by atoms with van der Waals surface area (Å²) in [5, 5.41) is 15.3. The Hall–Kier alpha value is -3.83. The molecule has 3 aliphatic heterocycles. The molecule has 2 bridgehead atoms. The lowest BCUT2D eigenvalue weighted by atomic mass is 9.93. The van der Waals surface area contributed by atoms with Gasteiger partial charge in [-0.15, -0.1) is 6.42 Å². The van der Waals surface area contributed by atoms with E-state index in [4.69, 9.17) is 20.9 Å². The van der Waals surface area contributed by atoms with Gasteiger partial charge in [0.2, 0.25) is 0 Å². The van der Waals surface area contributed by atoms with Crippen LogP contribution in [-0.2, 0) is 4.74 Å². The second-order valence-electron chi connectivity index (χ2n) is 15.0. The first-order valence-electron chi connectivity index (χ1n) is 17.5. The Morgan fingerprint density at radius 1 is 1.10 bits per heavy atom. The number of halogens is 4. The maximum absolute atomic E-state index is 17.3. The summed E-state index contributed by atoms with van der Waals surface area (Å²) in [7, 11) is 0. The minimum absolute atomic E-state index is 0.00853. The molecule has 1 aromatic heterocycles. The molecule has 266 valence electrons. The Morgan fingerprint density at radius 2 is 1.88 bits per heavy atom. The van der Waals surface area contributed by atoms with Crippen molar-refractivity contribution in [2.75, 3.05) is 50.8 Å². The van der Waals surface area contributed by atoms with Gasteiger partial charge in [0, 0.05) is 77.0 Å². The third-order valence-corrected chi connectivity index (χ3v) is 11.9. The third-order valence-electron chi connectivity index (χ3n) is 11.1. The summed E-state index contributed by atoms with van der Waals surface area (Å²) in [5.41, 5.74) is -4.90. The number of fused-ring (bicyclic) bond motifs is 4. The van der Waals surface area contributed by atoms with Gasteiger partial charge in [0.25, 0.3) is 0 Å². The minimum atomic E-state index is -4.74. The predicted octanol–water partition coefficient (Wildman–Crippen LogP) is 6.85. The Morgan fingerprint density at radius 3 is 2.59 bits per heavy atom. The number of aromatic nitrogens is 2. The molecule has 5 aliphatic rings. The van der Waals surface area contributed by atoms with E-state index in [0.29, 0.717) is 48.5 Å². The number of rotatable bonds is 8. The number of phenols is 1. The van der Waals surface area contributed by atoms with Gasteiger partial charge in [0.15, 0.2) is 5.82 Å². The van der Waals surface area contributed by atoms with E-state index in [9.17, 15) is 18.3 Å². The van der Waals surface area contributed by atoms with Gasteiger partial charge in [-0.1, -0.05) is 18.1 Å². The maximum Gasteiger partial charge on any atom is 0.446 e. The van der Waals surface area contributed by atoms with E-state index in [0.717, 1.165) is 58.2 Å². The summed E-state index contributed by atoms with van der Waals surface area (Å²) in [6.07, 6.45) is 11.9. The van der Waals surface area contributed by atoms with Gasteiger partial charge in [-0.25, -0.2) is 4.39 Å². The molecule has 3 aromatic carbocycles. The van der Waals surface area contributed by atoms with E-state index in [2.05, 4.69) is 21.1 Å². The molecule has 8 nitrogen and oxygen atoms in total. The number of nitrogens with one attached hydrogen (secondary N) is 1. The number of ether oxygens (including phenoxy) is 2. The summed E-state index contributed by atoms with van der Waals surface area (Å²) in [5.74, 6) is 1.72. The Kier molecular flexibility index (Phi) is 7.85. The van der Waals surface area contributed by atoms with Crippen molar-refractivity contribution in [3.05, 3.63) is 47.8 Å². The lowest BCUT2D eigenvalue weighted by Crippen LogP contribution is -2.51. The van der Waals surface area contributed by atoms with Crippen LogP contribution in [0.15, 0.2) is 41.3 Å². The fourth-order valence-electron chi connectivity index (χ4n) is 8.35. The van der Waals surface area contributed by atoms with E-state index in [-0.39, 0.29) is 61.8 Å². The standard InChI is InChI=1S/C38H37F4N5O3S/c1-2-22-4-3-5-23-14-26(48)15-27(30(22)23)31-29(51-38(40,41)42)16-28-33(32(31)39)44-35(45-34(28)47-17-24-6-7-25(18-47)43-24)49-21-36(8-9-36)19-46-12-13-50-37(20-46)10-11-37/h1,3-5,14-16,24-25,43,48H,6-13,17-21H2. The van der Waals surface area contributed by atoms with Crippen molar-refractivity contribution in [2.45, 2.75) is 66.6 Å². The van der Waals surface area contributed by atoms with Gasteiger partial charge in [0.1, 0.15) is 17.1 Å². The van der Waals surface area contributed by atoms with Crippen LogP contribution in [0.4, 0.5) is 23.4 Å². The van der Waals surface area contributed by atoms with Crippen LogP contribution in [0, 0.1) is 23.6 Å². The highest BCUT2D eigenvalue weighted by Gasteiger charge is 2.51. The average Bonchev–Trinajstić information content (AvgIpc) is 4.01. The van der Waals surface area contributed by atoms with Crippen LogP contribution in [0.2, 0.25) is 0 Å². The molecule has 5 fully saturated rings. The van der Waals surface area contributed by atoms with Crippen LogP contribution in [0.1, 0.15) is 44.1 Å². The molecule has 2 atom stereocenters. The van der Waals surface area contributed by atoms with Gasteiger partial charge in [-0.3, -0.25) is 4.90 Å². The first kappa shape index (κ1) is 33.0. The quantitative estimate of drug-likeness (QED) is 0.115. The molecule has 13 heteroatoms. The second kappa shape index (κ2) is 12.1. The lowest BCUT2D eigenvalue weighted by molar-refractivity contribution is -0.0532. The van der Waals surface area contributed by atoms with E-state index < -0.39 is 23.1 Å². The minimum Gasteiger partial charge on any atom is -0.508 e. The number of phenolic OH excluding ortho intramolecular Hbond substituents is 1. The summed E-state index contributed by atoms with van der Waals surface area (Å²) in [6, 6.07) is 9.40. The molecule has 2 aliphatic carbocycles. The molecular weight excluding hydrogens is 683 g/mol. The van der Waals surface area contributed by atoms with Crippen LogP contribution >= 0.6 is 11.8 Å². The summed E-state index contributed by atoms with van der Waals surface area (Å²) in [4.78, 5) is 13.5. The number of hydrogen-bond donors (Lipinski definition) is 2. The highest BCUT2D eigenvalue weighted by Crippen LogP contribution is 2.51. The molecule has 3 saturated heterocycles. The number of aromatic hydroxyl groups is 1. The number of benzene rings is 3. The molecule has 0 radical (unpaired) electrons. The topological polar surface area (TPSA) is 83.0 Å². The molecule has 9 rings (SSSR count). The number of alkyl halides is 3. The zero-order valence-corrected chi connectivity index (χ0v) is 28.7. The van der Waals surface area contributed by atoms with Gasteiger partial charge < -0.3 is 24.8 Å². The number of anilines is 1. The number of piperazine rings is 1. The predicted molar refractivity (Wildman–Crippen MR) is 188 cm³/mol. The van der Waals surface area contributed by atoms with Gasteiger partial charge >= 0.3 is 11.5 Å². The number of nitrogens with zero attached hydrogens (tertiary/aromatic N) is 4. The van der Waals surface area contributed by atoms with E-state index in [1.54, 1.807) is 18.2 Å². The van der Waals surface area contributed by atoms with Crippen LogP contribution in [0.25, 0.3) is 32.8 Å². The van der Waals surface area contributed by atoms with Crippen molar-refractivity contribution in [1.82, 2.24) is 20.2 Å². The lowest BCUT2D eigenvalue weighted by Gasteiger charge is -2.35. The molecule has 2 N–H and O–H groups in total. The van der Waals surface area contributed by atoms with E-state index in [1.165, 1.54) is 18.2 Å². The normalized spacial score (nSPS) is 23.5. The van der Waals surface area contributed by atoms with Gasteiger partial charge in [0.05, 0.1) is 18.8 Å².